The second-order valence-electron chi connectivity index (χ2n) is 7.07. The predicted octanol–water partition coefficient (Wildman–Crippen LogP) is 2.99. The number of sulfonamides is 1. The largest absolute Gasteiger partial charge is 0.480 e. The number of fused-ring (bicyclic) bond motifs is 3. The lowest BCUT2D eigenvalue weighted by Crippen LogP contribution is -2.52. The molecule has 7 heteroatoms. The number of carbonyl (C=O) groups is 1. The minimum atomic E-state index is -3.93. The Morgan fingerprint density at radius 2 is 1.84 bits per heavy atom. The Morgan fingerprint density at radius 3 is 2.56 bits per heavy atom. The van der Waals surface area contributed by atoms with Crippen molar-refractivity contribution in [1.82, 2.24) is 4.72 Å². The molecule has 25 heavy (non-hydrogen) atoms. The van der Waals surface area contributed by atoms with Gasteiger partial charge < -0.3 is 9.52 Å². The van der Waals surface area contributed by atoms with Gasteiger partial charge >= 0.3 is 5.97 Å². The lowest BCUT2D eigenvalue weighted by molar-refractivity contribution is -0.143. The van der Waals surface area contributed by atoms with Gasteiger partial charge in [0.05, 0.1) is 4.90 Å². The van der Waals surface area contributed by atoms with Crippen LogP contribution in [0.15, 0.2) is 27.5 Å². The van der Waals surface area contributed by atoms with Gasteiger partial charge in [-0.2, -0.15) is 4.72 Å². The van der Waals surface area contributed by atoms with E-state index in [1.807, 2.05) is 0 Å². The van der Waals surface area contributed by atoms with Gasteiger partial charge in [-0.15, -0.1) is 0 Å². The maximum Gasteiger partial charge on any atom is 0.324 e. The molecule has 1 heterocycles. The summed E-state index contributed by atoms with van der Waals surface area (Å²) >= 11 is 0. The first-order valence-corrected chi connectivity index (χ1v) is 10.2. The quantitative estimate of drug-likeness (QED) is 0.870. The van der Waals surface area contributed by atoms with E-state index in [-0.39, 0.29) is 4.90 Å². The Labute approximate surface area is 146 Å². The Bertz CT molecular complexity index is 938. The third kappa shape index (κ3) is 2.75. The van der Waals surface area contributed by atoms with Crippen LogP contribution >= 0.6 is 0 Å². The lowest BCUT2D eigenvalue weighted by Gasteiger charge is -2.24. The van der Waals surface area contributed by atoms with Crippen molar-refractivity contribution in [3.8, 4) is 0 Å². The highest BCUT2D eigenvalue weighted by Gasteiger charge is 2.44. The first kappa shape index (κ1) is 16.6. The highest BCUT2D eigenvalue weighted by atomic mass is 32.2. The smallest absolute Gasteiger partial charge is 0.324 e. The van der Waals surface area contributed by atoms with Gasteiger partial charge in [-0.3, -0.25) is 4.79 Å². The minimum absolute atomic E-state index is 0.0543. The fourth-order valence-corrected chi connectivity index (χ4v) is 5.50. The molecule has 1 aromatic heterocycles. The van der Waals surface area contributed by atoms with E-state index in [1.54, 1.807) is 12.1 Å². The van der Waals surface area contributed by atoms with E-state index in [9.17, 15) is 18.3 Å². The number of carboxylic acid groups (broad SMARTS) is 1. The molecule has 0 saturated heterocycles. The fourth-order valence-electron chi connectivity index (χ4n) is 4.07. The van der Waals surface area contributed by atoms with Gasteiger partial charge in [0.15, 0.2) is 0 Å². The zero-order valence-corrected chi connectivity index (χ0v) is 14.7. The monoisotopic (exact) mass is 363 g/mol. The molecule has 2 N–H and O–H groups in total. The Balaban J connectivity index is 1.71. The average Bonchev–Trinajstić information content (AvgIpc) is 3.18. The number of furan rings is 1. The summed E-state index contributed by atoms with van der Waals surface area (Å²) in [4.78, 5) is 11.7. The highest BCUT2D eigenvalue weighted by Crippen LogP contribution is 2.35. The fraction of sp³-hybridized carbons (Fsp3) is 0.500. The standard InChI is InChI=1S/C18H21NO5S/c20-17(21)18(9-3-4-10-18)19-25(22,23)12-7-8-14-13-5-1-2-6-15(13)24-16(14)11-12/h7-8,11,19H,1-6,9-10H2,(H,20,21). The number of hydrogen-bond acceptors (Lipinski definition) is 4. The molecular formula is C18H21NO5S. The molecule has 4 rings (SSSR count). The van der Waals surface area contributed by atoms with Crippen molar-refractivity contribution >= 4 is 27.0 Å². The maximum absolute atomic E-state index is 12.8. The van der Waals surface area contributed by atoms with Crippen LogP contribution in [0.25, 0.3) is 11.0 Å². The number of carboxylic acids is 1. The molecule has 0 spiro atoms. The average molecular weight is 363 g/mol. The first-order chi connectivity index (χ1) is 11.9. The van der Waals surface area contributed by atoms with Gasteiger partial charge in [-0.05, 0) is 44.2 Å². The third-order valence-electron chi connectivity index (χ3n) is 5.44. The summed E-state index contributed by atoms with van der Waals surface area (Å²) in [5.41, 5.74) is 0.345. The normalized spacial score (nSPS) is 19.8. The Morgan fingerprint density at radius 1 is 1.12 bits per heavy atom. The first-order valence-electron chi connectivity index (χ1n) is 8.73. The van der Waals surface area contributed by atoms with Crippen molar-refractivity contribution in [1.29, 1.82) is 0 Å². The van der Waals surface area contributed by atoms with Crippen LogP contribution in [0.4, 0.5) is 0 Å². The summed E-state index contributed by atoms with van der Waals surface area (Å²) in [6, 6.07) is 4.83. The number of rotatable bonds is 4. The van der Waals surface area contributed by atoms with E-state index in [2.05, 4.69) is 4.72 Å². The van der Waals surface area contributed by atoms with Gasteiger partial charge in [-0.25, -0.2) is 8.42 Å². The van der Waals surface area contributed by atoms with Crippen molar-refractivity contribution in [3.63, 3.8) is 0 Å². The Kier molecular flexibility index (Phi) is 3.88. The van der Waals surface area contributed by atoms with Crippen LogP contribution in [0.2, 0.25) is 0 Å². The minimum Gasteiger partial charge on any atom is -0.480 e. The van der Waals surface area contributed by atoms with Crippen molar-refractivity contribution in [2.45, 2.75) is 61.8 Å². The van der Waals surface area contributed by atoms with E-state index >= 15 is 0 Å². The molecule has 1 aromatic carbocycles. The summed E-state index contributed by atoms with van der Waals surface area (Å²) in [5, 5.41) is 10.5. The van der Waals surface area contributed by atoms with Crippen LogP contribution in [0.1, 0.15) is 49.8 Å². The highest BCUT2D eigenvalue weighted by molar-refractivity contribution is 7.89. The molecule has 0 bridgehead atoms. The molecule has 0 atom stereocenters. The zero-order chi connectivity index (χ0) is 17.7. The molecule has 2 aliphatic carbocycles. The van der Waals surface area contributed by atoms with Crippen molar-refractivity contribution in [2.24, 2.45) is 0 Å². The van der Waals surface area contributed by atoms with Crippen LogP contribution in [0.3, 0.4) is 0 Å². The molecule has 2 aliphatic rings. The van der Waals surface area contributed by atoms with Crippen molar-refractivity contribution < 1.29 is 22.7 Å². The number of aliphatic carboxylic acids is 1. The molecule has 0 amide bonds. The summed E-state index contributed by atoms with van der Waals surface area (Å²) in [5.74, 6) is -0.162. The van der Waals surface area contributed by atoms with E-state index in [4.69, 9.17) is 4.42 Å². The number of benzene rings is 1. The van der Waals surface area contributed by atoms with Crippen molar-refractivity contribution in [3.05, 3.63) is 29.5 Å². The van der Waals surface area contributed by atoms with Crippen LogP contribution in [-0.2, 0) is 27.7 Å². The predicted molar refractivity (Wildman–Crippen MR) is 92.0 cm³/mol. The molecule has 6 nitrogen and oxygen atoms in total. The molecule has 0 unspecified atom stereocenters. The van der Waals surface area contributed by atoms with Gasteiger partial charge in [0.25, 0.3) is 0 Å². The zero-order valence-electron chi connectivity index (χ0n) is 13.9. The second-order valence-corrected chi connectivity index (χ2v) is 8.75. The van der Waals surface area contributed by atoms with Gasteiger partial charge in [0, 0.05) is 23.4 Å². The summed E-state index contributed by atoms with van der Waals surface area (Å²) in [6.07, 6.45) is 6.08. The molecule has 134 valence electrons. The number of aryl methyl sites for hydroxylation is 2. The van der Waals surface area contributed by atoms with Crippen LogP contribution in [0, 0.1) is 0 Å². The van der Waals surface area contributed by atoms with E-state index in [0.717, 1.165) is 36.8 Å². The van der Waals surface area contributed by atoms with E-state index < -0.39 is 21.5 Å². The Hall–Kier alpha value is -1.86. The maximum atomic E-state index is 12.8. The number of nitrogens with one attached hydrogen (secondary N) is 1. The van der Waals surface area contributed by atoms with Gasteiger partial charge in [0.1, 0.15) is 16.9 Å². The lowest BCUT2D eigenvalue weighted by atomic mass is 9.96. The number of hydrogen-bond donors (Lipinski definition) is 2. The van der Waals surface area contributed by atoms with E-state index in [1.165, 1.54) is 11.6 Å². The van der Waals surface area contributed by atoms with Crippen LogP contribution in [-0.4, -0.2) is 25.0 Å². The summed E-state index contributed by atoms with van der Waals surface area (Å²) < 4.78 is 33.8. The topological polar surface area (TPSA) is 96.6 Å². The summed E-state index contributed by atoms with van der Waals surface area (Å²) in [6.45, 7) is 0. The van der Waals surface area contributed by atoms with Gasteiger partial charge in [-0.1, -0.05) is 12.8 Å². The van der Waals surface area contributed by atoms with Crippen molar-refractivity contribution in [2.75, 3.05) is 0 Å². The van der Waals surface area contributed by atoms with E-state index in [0.29, 0.717) is 31.3 Å². The van der Waals surface area contributed by atoms with Crippen LogP contribution < -0.4 is 4.72 Å². The second kappa shape index (κ2) is 5.85. The third-order valence-corrected chi connectivity index (χ3v) is 6.97. The molecule has 1 fully saturated rings. The van der Waals surface area contributed by atoms with Crippen LogP contribution in [0.5, 0.6) is 0 Å². The SMILES string of the molecule is O=C(O)C1(NS(=O)(=O)c2ccc3c4c(oc3c2)CCCC4)CCCC1. The molecule has 0 aliphatic heterocycles. The summed E-state index contributed by atoms with van der Waals surface area (Å²) in [7, 11) is -3.93. The molecular weight excluding hydrogens is 342 g/mol. The molecule has 1 saturated carbocycles. The molecule has 0 radical (unpaired) electrons. The van der Waals surface area contributed by atoms with Gasteiger partial charge in [0.2, 0.25) is 10.0 Å². The molecule has 2 aromatic rings.